The monoisotopic (exact) mass is 311 g/mol. The Balaban J connectivity index is 4.07. The van der Waals surface area contributed by atoms with Crippen molar-refractivity contribution in [2.75, 3.05) is 19.3 Å². The molecule has 0 aliphatic heterocycles. The minimum absolute atomic E-state index is 0.0375. The predicted molar refractivity (Wildman–Crippen MR) is 67.7 cm³/mol. The van der Waals surface area contributed by atoms with E-state index in [0.29, 0.717) is 0 Å². The van der Waals surface area contributed by atoms with Crippen LogP contribution in [0.25, 0.3) is 0 Å². The lowest BCUT2D eigenvalue weighted by Crippen LogP contribution is -2.47. The van der Waals surface area contributed by atoms with Gasteiger partial charge in [0.2, 0.25) is 10.0 Å². The van der Waals surface area contributed by atoms with Gasteiger partial charge in [0, 0.05) is 19.5 Å². The molecule has 0 aromatic heterocycles. The molecule has 0 fully saturated rings. The second kappa shape index (κ2) is 8.32. The van der Waals surface area contributed by atoms with Crippen LogP contribution in [0, 0.1) is 0 Å². The number of hydrogen-bond donors (Lipinski definition) is 5. The quantitative estimate of drug-likeness (QED) is 0.312. The van der Waals surface area contributed by atoms with Gasteiger partial charge >= 0.3 is 18.0 Å². The molecule has 5 N–H and O–H groups in total. The molecule has 0 spiro atoms. The molecular formula is C9H17N3O7S. The molecule has 0 radical (unpaired) electrons. The molecule has 0 bridgehead atoms. The van der Waals surface area contributed by atoms with Gasteiger partial charge in [-0.2, -0.15) is 0 Å². The van der Waals surface area contributed by atoms with Crippen molar-refractivity contribution in [1.82, 2.24) is 15.4 Å². The van der Waals surface area contributed by atoms with Crippen LogP contribution in [0.15, 0.2) is 0 Å². The molecule has 0 aliphatic rings. The van der Waals surface area contributed by atoms with Gasteiger partial charge < -0.3 is 20.8 Å². The highest BCUT2D eigenvalue weighted by Crippen LogP contribution is 1.97. The van der Waals surface area contributed by atoms with E-state index in [1.54, 1.807) is 0 Å². The zero-order valence-corrected chi connectivity index (χ0v) is 11.6. The first-order valence-corrected chi connectivity index (χ1v) is 7.44. The SMILES string of the molecule is CS(=O)(=O)NCCNC(=O)N[C@@H](CCC(=O)O)C(=O)O. The lowest BCUT2D eigenvalue weighted by molar-refractivity contribution is -0.140. The molecule has 0 rings (SSSR count). The van der Waals surface area contributed by atoms with Crippen molar-refractivity contribution in [3.63, 3.8) is 0 Å². The summed E-state index contributed by atoms with van der Waals surface area (Å²) >= 11 is 0. The van der Waals surface area contributed by atoms with Crippen LogP contribution in [0.2, 0.25) is 0 Å². The molecule has 0 saturated carbocycles. The topological polar surface area (TPSA) is 162 Å². The van der Waals surface area contributed by atoms with Crippen LogP contribution >= 0.6 is 0 Å². The van der Waals surface area contributed by atoms with E-state index in [2.05, 4.69) is 15.4 Å². The number of amides is 2. The molecule has 0 heterocycles. The number of carbonyl (C=O) groups excluding carboxylic acids is 1. The number of carbonyl (C=O) groups is 3. The van der Waals surface area contributed by atoms with E-state index in [0.717, 1.165) is 6.26 Å². The maximum absolute atomic E-state index is 11.3. The summed E-state index contributed by atoms with van der Waals surface area (Å²) in [7, 11) is -3.36. The van der Waals surface area contributed by atoms with E-state index in [1.807, 2.05) is 0 Å². The normalized spacial score (nSPS) is 12.4. The molecule has 20 heavy (non-hydrogen) atoms. The number of urea groups is 1. The molecule has 0 aromatic carbocycles. The number of sulfonamides is 1. The highest BCUT2D eigenvalue weighted by atomic mass is 32.2. The van der Waals surface area contributed by atoms with Crippen LogP contribution < -0.4 is 15.4 Å². The summed E-state index contributed by atoms with van der Waals surface area (Å²) < 4.78 is 23.6. The summed E-state index contributed by atoms with van der Waals surface area (Å²) in [5, 5.41) is 21.5. The molecular weight excluding hydrogens is 294 g/mol. The van der Waals surface area contributed by atoms with Gasteiger partial charge in [0.15, 0.2) is 0 Å². The van der Waals surface area contributed by atoms with E-state index in [9.17, 15) is 22.8 Å². The Kier molecular flexibility index (Phi) is 7.54. The van der Waals surface area contributed by atoms with Gasteiger partial charge in [0.05, 0.1) is 6.26 Å². The summed E-state index contributed by atoms with van der Waals surface area (Å²) in [5.74, 6) is -2.52. The first-order valence-electron chi connectivity index (χ1n) is 5.55. The van der Waals surface area contributed by atoms with Gasteiger partial charge in [0.25, 0.3) is 0 Å². The zero-order valence-electron chi connectivity index (χ0n) is 10.7. The van der Waals surface area contributed by atoms with Gasteiger partial charge in [-0.3, -0.25) is 4.79 Å². The minimum atomic E-state index is -3.36. The standard InChI is InChI=1S/C9H17N3O7S/c1-20(18,19)11-5-4-10-9(17)12-6(8(15)16)2-3-7(13)14/h6,11H,2-5H2,1H3,(H,13,14)(H,15,16)(H2,10,12,17)/t6-/m0/s1. The van der Waals surface area contributed by atoms with Gasteiger partial charge in [0.1, 0.15) is 6.04 Å². The average Bonchev–Trinajstić information content (AvgIpc) is 2.28. The number of carboxylic acid groups (broad SMARTS) is 2. The fraction of sp³-hybridized carbons (Fsp3) is 0.667. The summed E-state index contributed by atoms with van der Waals surface area (Å²) in [6, 6.07) is -2.15. The Bertz CT molecular complexity index is 462. The fourth-order valence-electron chi connectivity index (χ4n) is 1.15. The number of hydrogen-bond acceptors (Lipinski definition) is 5. The third kappa shape index (κ3) is 10.1. The number of rotatable bonds is 9. The molecule has 116 valence electrons. The lowest BCUT2D eigenvalue weighted by Gasteiger charge is -2.14. The van der Waals surface area contributed by atoms with Crippen molar-refractivity contribution in [1.29, 1.82) is 0 Å². The van der Waals surface area contributed by atoms with Gasteiger partial charge in [-0.1, -0.05) is 0 Å². The van der Waals surface area contributed by atoms with Crippen LogP contribution in [0.1, 0.15) is 12.8 Å². The number of nitrogens with one attached hydrogen (secondary N) is 3. The summed E-state index contributed by atoms with van der Waals surface area (Å²) in [6.45, 7) is -0.0801. The first kappa shape index (κ1) is 18.1. The van der Waals surface area contributed by atoms with Crippen molar-refractivity contribution in [3.8, 4) is 0 Å². The second-order valence-electron chi connectivity index (χ2n) is 3.89. The molecule has 0 aromatic rings. The van der Waals surface area contributed by atoms with Gasteiger partial charge in [-0.05, 0) is 6.42 Å². The molecule has 1 atom stereocenters. The van der Waals surface area contributed by atoms with Gasteiger partial charge in [-0.25, -0.2) is 22.7 Å². The van der Waals surface area contributed by atoms with Crippen molar-refractivity contribution in [2.24, 2.45) is 0 Å². The van der Waals surface area contributed by atoms with Crippen LogP contribution in [0.3, 0.4) is 0 Å². The summed E-state index contributed by atoms with van der Waals surface area (Å²) in [6.07, 6.45) is 0.311. The maximum Gasteiger partial charge on any atom is 0.326 e. The number of carboxylic acids is 2. The van der Waals surface area contributed by atoms with Crippen LogP contribution in [-0.4, -0.2) is 62.0 Å². The Morgan fingerprint density at radius 2 is 1.75 bits per heavy atom. The minimum Gasteiger partial charge on any atom is -0.481 e. The average molecular weight is 311 g/mol. The van der Waals surface area contributed by atoms with Crippen molar-refractivity contribution < 1.29 is 33.0 Å². The van der Waals surface area contributed by atoms with Crippen LogP contribution in [0.5, 0.6) is 0 Å². The highest BCUT2D eigenvalue weighted by molar-refractivity contribution is 7.88. The smallest absolute Gasteiger partial charge is 0.326 e. The van der Waals surface area contributed by atoms with E-state index in [-0.39, 0.29) is 19.5 Å². The van der Waals surface area contributed by atoms with Crippen molar-refractivity contribution >= 4 is 28.0 Å². The fourth-order valence-corrected chi connectivity index (χ4v) is 1.62. The third-order valence-corrected chi connectivity index (χ3v) is 2.75. The molecule has 10 nitrogen and oxygen atoms in total. The predicted octanol–water partition coefficient (Wildman–Crippen LogP) is -1.85. The molecule has 2 amide bonds. The third-order valence-electron chi connectivity index (χ3n) is 2.03. The largest absolute Gasteiger partial charge is 0.481 e. The Morgan fingerprint density at radius 1 is 1.15 bits per heavy atom. The van der Waals surface area contributed by atoms with E-state index < -0.39 is 40.5 Å². The first-order chi connectivity index (χ1) is 9.11. The second-order valence-corrected chi connectivity index (χ2v) is 5.72. The summed E-state index contributed by atoms with van der Waals surface area (Å²) in [5.41, 5.74) is 0. The molecule has 11 heteroatoms. The molecule has 0 saturated heterocycles. The number of aliphatic carboxylic acids is 2. The van der Waals surface area contributed by atoms with Crippen molar-refractivity contribution in [3.05, 3.63) is 0 Å². The Morgan fingerprint density at radius 3 is 2.20 bits per heavy atom. The van der Waals surface area contributed by atoms with Crippen LogP contribution in [-0.2, 0) is 19.6 Å². The lowest BCUT2D eigenvalue weighted by atomic mass is 10.1. The highest BCUT2D eigenvalue weighted by Gasteiger charge is 2.20. The van der Waals surface area contributed by atoms with E-state index in [1.165, 1.54) is 0 Å². The maximum atomic E-state index is 11.3. The molecule has 0 aliphatic carbocycles. The van der Waals surface area contributed by atoms with Gasteiger partial charge in [-0.15, -0.1) is 0 Å². The Labute approximate surface area is 115 Å². The van der Waals surface area contributed by atoms with E-state index in [4.69, 9.17) is 10.2 Å². The van der Waals surface area contributed by atoms with E-state index >= 15 is 0 Å². The van der Waals surface area contributed by atoms with Crippen LogP contribution in [0.4, 0.5) is 4.79 Å². The summed E-state index contributed by atoms with van der Waals surface area (Å²) in [4.78, 5) is 32.4. The van der Waals surface area contributed by atoms with Crippen molar-refractivity contribution in [2.45, 2.75) is 18.9 Å². The Hall–Kier alpha value is -1.88. The zero-order chi connectivity index (χ0) is 15.8. The molecule has 0 unspecified atom stereocenters.